The standard InChI is InChI=1S/C13H23N3O/c1-2-17-9-8-16-7-3-4-12(11-16)10-13-5-6-14-15-13/h5-6,12H,2-4,7-11H2,1H3,(H,14,15). The molecule has 0 bridgehead atoms. The lowest BCUT2D eigenvalue weighted by atomic mass is 9.93. The summed E-state index contributed by atoms with van der Waals surface area (Å²) in [6, 6.07) is 2.08. The number of hydrogen-bond donors (Lipinski definition) is 1. The molecule has 4 nitrogen and oxygen atoms in total. The van der Waals surface area contributed by atoms with E-state index >= 15 is 0 Å². The highest BCUT2D eigenvalue weighted by molar-refractivity contribution is 4.99. The minimum absolute atomic E-state index is 0.769. The fraction of sp³-hybridized carbons (Fsp3) is 0.769. The Morgan fingerprint density at radius 1 is 1.59 bits per heavy atom. The van der Waals surface area contributed by atoms with E-state index < -0.39 is 0 Å². The van der Waals surface area contributed by atoms with Gasteiger partial charge in [0.15, 0.2) is 0 Å². The van der Waals surface area contributed by atoms with Crippen molar-refractivity contribution < 1.29 is 4.74 Å². The van der Waals surface area contributed by atoms with Gasteiger partial charge in [0.1, 0.15) is 0 Å². The molecule has 96 valence electrons. The van der Waals surface area contributed by atoms with Crippen molar-refractivity contribution in [1.29, 1.82) is 0 Å². The van der Waals surface area contributed by atoms with E-state index in [-0.39, 0.29) is 0 Å². The summed E-state index contributed by atoms with van der Waals surface area (Å²) in [5.41, 5.74) is 1.27. The van der Waals surface area contributed by atoms with Crippen molar-refractivity contribution in [3.8, 4) is 0 Å². The Balaban J connectivity index is 1.72. The lowest BCUT2D eigenvalue weighted by Crippen LogP contribution is -2.38. The van der Waals surface area contributed by atoms with Crippen LogP contribution >= 0.6 is 0 Å². The molecule has 4 heteroatoms. The predicted octanol–water partition coefficient (Wildman–Crippen LogP) is 1.70. The van der Waals surface area contributed by atoms with E-state index in [1.165, 1.54) is 31.6 Å². The summed E-state index contributed by atoms with van der Waals surface area (Å²) in [4.78, 5) is 2.53. The monoisotopic (exact) mass is 237 g/mol. The molecule has 1 N–H and O–H groups in total. The van der Waals surface area contributed by atoms with Gasteiger partial charge < -0.3 is 9.64 Å². The molecule has 0 saturated carbocycles. The van der Waals surface area contributed by atoms with E-state index in [1.807, 2.05) is 6.20 Å². The van der Waals surface area contributed by atoms with Crippen molar-refractivity contribution in [3.05, 3.63) is 18.0 Å². The van der Waals surface area contributed by atoms with Crippen LogP contribution in [0.3, 0.4) is 0 Å². The number of likely N-dealkylation sites (tertiary alicyclic amines) is 1. The molecule has 1 unspecified atom stereocenters. The first-order chi connectivity index (χ1) is 8.38. The maximum Gasteiger partial charge on any atom is 0.0593 e. The summed E-state index contributed by atoms with van der Waals surface area (Å²) in [5, 5.41) is 7.07. The molecule has 1 aliphatic heterocycles. The first kappa shape index (κ1) is 12.6. The van der Waals surface area contributed by atoms with Gasteiger partial charge in [-0.1, -0.05) is 0 Å². The van der Waals surface area contributed by atoms with E-state index in [4.69, 9.17) is 4.74 Å². The Morgan fingerprint density at radius 3 is 3.29 bits per heavy atom. The van der Waals surface area contributed by atoms with Gasteiger partial charge in [-0.15, -0.1) is 0 Å². The molecular formula is C13H23N3O. The molecule has 1 aromatic heterocycles. The van der Waals surface area contributed by atoms with Gasteiger partial charge in [0.2, 0.25) is 0 Å². The predicted molar refractivity (Wildman–Crippen MR) is 67.9 cm³/mol. The van der Waals surface area contributed by atoms with Crippen LogP contribution in [0.25, 0.3) is 0 Å². The van der Waals surface area contributed by atoms with Gasteiger partial charge in [0.25, 0.3) is 0 Å². The van der Waals surface area contributed by atoms with Gasteiger partial charge in [-0.2, -0.15) is 5.10 Å². The van der Waals surface area contributed by atoms with E-state index in [1.54, 1.807) is 0 Å². The average molecular weight is 237 g/mol. The zero-order valence-electron chi connectivity index (χ0n) is 10.7. The molecule has 1 aliphatic rings. The number of hydrogen-bond acceptors (Lipinski definition) is 3. The van der Waals surface area contributed by atoms with Gasteiger partial charge in [0.05, 0.1) is 6.61 Å². The zero-order valence-corrected chi connectivity index (χ0v) is 10.7. The number of aromatic amines is 1. The summed E-state index contributed by atoms with van der Waals surface area (Å²) >= 11 is 0. The molecular weight excluding hydrogens is 214 g/mol. The van der Waals surface area contributed by atoms with Crippen LogP contribution in [0.4, 0.5) is 0 Å². The highest BCUT2D eigenvalue weighted by atomic mass is 16.5. The van der Waals surface area contributed by atoms with Crippen molar-refractivity contribution in [2.45, 2.75) is 26.2 Å². The molecule has 1 fully saturated rings. The fourth-order valence-corrected chi connectivity index (χ4v) is 2.57. The van der Waals surface area contributed by atoms with Crippen molar-refractivity contribution in [3.63, 3.8) is 0 Å². The van der Waals surface area contributed by atoms with Gasteiger partial charge in [-0.05, 0) is 44.7 Å². The van der Waals surface area contributed by atoms with Gasteiger partial charge >= 0.3 is 0 Å². The molecule has 2 rings (SSSR count). The molecule has 0 aliphatic carbocycles. The molecule has 2 heterocycles. The van der Waals surface area contributed by atoms with Crippen LogP contribution in [-0.2, 0) is 11.2 Å². The van der Waals surface area contributed by atoms with Gasteiger partial charge in [-0.25, -0.2) is 0 Å². The maximum atomic E-state index is 5.42. The van der Waals surface area contributed by atoms with Crippen LogP contribution in [0.2, 0.25) is 0 Å². The minimum atomic E-state index is 0.769. The van der Waals surface area contributed by atoms with Crippen molar-refractivity contribution >= 4 is 0 Å². The number of piperidine rings is 1. The smallest absolute Gasteiger partial charge is 0.0593 e. The molecule has 0 spiro atoms. The second kappa shape index (κ2) is 6.77. The third-order valence-corrected chi connectivity index (χ3v) is 3.43. The Labute approximate surface area is 103 Å². The van der Waals surface area contributed by atoms with E-state index in [2.05, 4.69) is 28.1 Å². The van der Waals surface area contributed by atoms with Crippen molar-refractivity contribution in [2.75, 3.05) is 32.8 Å². The Kier molecular flexibility index (Phi) is 5.01. The maximum absolute atomic E-state index is 5.42. The Morgan fingerprint density at radius 2 is 2.53 bits per heavy atom. The second-order valence-corrected chi connectivity index (χ2v) is 4.79. The molecule has 0 amide bonds. The average Bonchev–Trinajstić information content (AvgIpc) is 2.83. The van der Waals surface area contributed by atoms with Crippen molar-refractivity contribution in [1.82, 2.24) is 15.1 Å². The minimum Gasteiger partial charge on any atom is -0.380 e. The van der Waals surface area contributed by atoms with Crippen LogP contribution < -0.4 is 0 Å². The zero-order chi connectivity index (χ0) is 11.9. The van der Waals surface area contributed by atoms with E-state index in [0.29, 0.717) is 0 Å². The Hall–Kier alpha value is -0.870. The molecule has 0 aromatic carbocycles. The van der Waals surface area contributed by atoms with E-state index in [9.17, 15) is 0 Å². The lowest BCUT2D eigenvalue weighted by Gasteiger charge is -2.32. The SMILES string of the molecule is CCOCCN1CCCC(Cc2ccn[nH]2)C1. The third kappa shape index (κ3) is 4.13. The summed E-state index contributed by atoms with van der Waals surface area (Å²) in [5.74, 6) is 0.769. The number of nitrogens with one attached hydrogen (secondary N) is 1. The van der Waals surface area contributed by atoms with Crippen LogP contribution in [0.5, 0.6) is 0 Å². The van der Waals surface area contributed by atoms with Gasteiger partial charge in [0, 0.05) is 31.6 Å². The van der Waals surface area contributed by atoms with Crippen LogP contribution in [0.15, 0.2) is 12.3 Å². The second-order valence-electron chi connectivity index (χ2n) is 4.79. The summed E-state index contributed by atoms with van der Waals surface area (Å²) in [7, 11) is 0. The van der Waals surface area contributed by atoms with Gasteiger partial charge in [-0.3, -0.25) is 5.10 Å². The Bertz CT molecular complexity index is 300. The highest BCUT2D eigenvalue weighted by Gasteiger charge is 2.20. The molecule has 1 saturated heterocycles. The third-order valence-electron chi connectivity index (χ3n) is 3.43. The molecule has 1 aromatic rings. The molecule has 1 atom stereocenters. The summed E-state index contributed by atoms with van der Waals surface area (Å²) in [6.45, 7) is 7.25. The highest BCUT2D eigenvalue weighted by Crippen LogP contribution is 2.19. The van der Waals surface area contributed by atoms with Crippen LogP contribution in [0.1, 0.15) is 25.5 Å². The number of nitrogens with zero attached hydrogens (tertiary/aromatic N) is 2. The fourth-order valence-electron chi connectivity index (χ4n) is 2.57. The van der Waals surface area contributed by atoms with Crippen LogP contribution in [0, 0.1) is 5.92 Å². The number of aromatic nitrogens is 2. The summed E-state index contributed by atoms with van der Waals surface area (Å²) in [6.07, 6.45) is 5.62. The number of rotatable bonds is 6. The van der Waals surface area contributed by atoms with E-state index in [0.717, 1.165) is 32.1 Å². The van der Waals surface area contributed by atoms with Crippen molar-refractivity contribution in [2.24, 2.45) is 5.92 Å². The lowest BCUT2D eigenvalue weighted by molar-refractivity contribution is 0.0916. The first-order valence-corrected chi connectivity index (χ1v) is 6.67. The largest absolute Gasteiger partial charge is 0.380 e. The summed E-state index contributed by atoms with van der Waals surface area (Å²) < 4.78 is 5.42. The molecule has 0 radical (unpaired) electrons. The molecule has 17 heavy (non-hydrogen) atoms. The van der Waals surface area contributed by atoms with Crippen LogP contribution in [-0.4, -0.2) is 47.9 Å². The number of ether oxygens (including phenoxy) is 1. The first-order valence-electron chi connectivity index (χ1n) is 6.67. The topological polar surface area (TPSA) is 41.1 Å². The number of H-pyrrole nitrogens is 1. The quantitative estimate of drug-likeness (QED) is 0.766. The normalized spacial score (nSPS) is 21.8.